The number of hydrogen-bond donors (Lipinski definition) is 3. The summed E-state index contributed by atoms with van der Waals surface area (Å²) in [5.41, 5.74) is 2.09. The maximum Gasteiger partial charge on any atom is 0.221 e. The molecule has 0 aliphatic carbocycles. The SMILES string of the molecule is CN=C(NCCC(=O)NC(C)C)N(C)Cc1ncc(-c2ccccc2)[nH]1. The van der Waals surface area contributed by atoms with Gasteiger partial charge in [-0.2, -0.15) is 0 Å². The number of hydrogen-bond acceptors (Lipinski definition) is 3. The average Bonchev–Trinajstić information content (AvgIpc) is 3.07. The van der Waals surface area contributed by atoms with Crippen molar-refractivity contribution in [3.05, 3.63) is 42.4 Å². The third-order valence-corrected chi connectivity index (χ3v) is 3.76. The molecule has 0 fully saturated rings. The summed E-state index contributed by atoms with van der Waals surface area (Å²) >= 11 is 0. The molecule has 0 unspecified atom stereocenters. The Kier molecular flexibility index (Phi) is 7.20. The fourth-order valence-electron chi connectivity index (χ4n) is 2.57. The Morgan fingerprint density at radius 3 is 2.69 bits per heavy atom. The van der Waals surface area contributed by atoms with E-state index in [-0.39, 0.29) is 11.9 Å². The lowest BCUT2D eigenvalue weighted by molar-refractivity contribution is -0.121. The number of imidazole rings is 1. The molecule has 1 aromatic carbocycles. The van der Waals surface area contributed by atoms with Crippen molar-refractivity contribution in [2.24, 2.45) is 4.99 Å². The number of H-pyrrole nitrogens is 1. The number of amides is 1. The quantitative estimate of drug-likeness (QED) is 0.523. The lowest BCUT2D eigenvalue weighted by Crippen LogP contribution is -2.41. The van der Waals surface area contributed by atoms with Crippen molar-refractivity contribution < 1.29 is 4.79 Å². The van der Waals surface area contributed by atoms with Gasteiger partial charge in [-0.15, -0.1) is 0 Å². The highest BCUT2D eigenvalue weighted by molar-refractivity contribution is 5.81. The van der Waals surface area contributed by atoms with Gasteiger partial charge in [-0.25, -0.2) is 4.98 Å². The van der Waals surface area contributed by atoms with Crippen molar-refractivity contribution in [1.82, 2.24) is 25.5 Å². The molecule has 1 heterocycles. The summed E-state index contributed by atoms with van der Waals surface area (Å²) in [5, 5.41) is 6.08. The number of benzene rings is 1. The molecule has 2 rings (SSSR count). The highest BCUT2D eigenvalue weighted by atomic mass is 16.1. The van der Waals surface area contributed by atoms with Crippen LogP contribution in [-0.4, -0.2) is 53.4 Å². The Bertz CT molecular complexity index is 723. The van der Waals surface area contributed by atoms with Crippen LogP contribution in [0.4, 0.5) is 0 Å². The van der Waals surface area contributed by atoms with Gasteiger partial charge in [0.1, 0.15) is 5.82 Å². The van der Waals surface area contributed by atoms with Gasteiger partial charge in [-0.3, -0.25) is 9.79 Å². The van der Waals surface area contributed by atoms with Gasteiger partial charge in [0, 0.05) is 33.1 Å². The molecule has 1 amide bonds. The van der Waals surface area contributed by atoms with Crippen molar-refractivity contribution in [3.8, 4) is 11.3 Å². The molecule has 0 saturated heterocycles. The van der Waals surface area contributed by atoms with E-state index in [1.165, 1.54) is 0 Å². The van der Waals surface area contributed by atoms with E-state index >= 15 is 0 Å². The molecule has 7 nitrogen and oxygen atoms in total. The van der Waals surface area contributed by atoms with E-state index < -0.39 is 0 Å². The molecule has 0 saturated carbocycles. The van der Waals surface area contributed by atoms with Crippen LogP contribution in [0.25, 0.3) is 11.3 Å². The molecule has 2 aromatic rings. The van der Waals surface area contributed by atoms with Crippen LogP contribution in [0, 0.1) is 0 Å². The number of aromatic nitrogens is 2. The number of carbonyl (C=O) groups excluding carboxylic acids is 1. The predicted octanol–water partition coefficient (Wildman–Crippen LogP) is 2.00. The Labute approximate surface area is 154 Å². The van der Waals surface area contributed by atoms with Crippen LogP contribution in [0.2, 0.25) is 0 Å². The summed E-state index contributed by atoms with van der Waals surface area (Å²) in [6, 6.07) is 10.2. The zero-order valence-corrected chi connectivity index (χ0v) is 15.9. The summed E-state index contributed by atoms with van der Waals surface area (Å²) in [4.78, 5) is 25.7. The first-order valence-electron chi connectivity index (χ1n) is 8.80. The lowest BCUT2D eigenvalue weighted by atomic mass is 10.2. The second-order valence-corrected chi connectivity index (χ2v) is 6.41. The minimum atomic E-state index is 0.0316. The zero-order chi connectivity index (χ0) is 18.9. The highest BCUT2D eigenvalue weighted by Gasteiger charge is 2.10. The molecule has 3 N–H and O–H groups in total. The van der Waals surface area contributed by atoms with Crippen LogP contribution in [0.15, 0.2) is 41.5 Å². The minimum Gasteiger partial charge on any atom is -0.356 e. The molecule has 0 bridgehead atoms. The average molecular weight is 356 g/mol. The van der Waals surface area contributed by atoms with Crippen molar-refractivity contribution in [1.29, 1.82) is 0 Å². The van der Waals surface area contributed by atoms with E-state index in [2.05, 4.69) is 25.6 Å². The van der Waals surface area contributed by atoms with E-state index in [1.807, 2.05) is 62.3 Å². The largest absolute Gasteiger partial charge is 0.356 e. The van der Waals surface area contributed by atoms with E-state index in [0.29, 0.717) is 19.5 Å². The van der Waals surface area contributed by atoms with Gasteiger partial charge < -0.3 is 20.5 Å². The summed E-state index contributed by atoms with van der Waals surface area (Å²) in [7, 11) is 3.67. The fraction of sp³-hybridized carbons (Fsp3) is 0.421. The van der Waals surface area contributed by atoms with Crippen LogP contribution < -0.4 is 10.6 Å². The van der Waals surface area contributed by atoms with E-state index in [4.69, 9.17) is 0 Å². The number of nitrogens with zero attached hydrogens (tertiary/aromatic N) is 3. The minimum absolute atomic E-state index is 0.0316. The van der Waals surface area contributed by atoms with Gasteiger partial charge in [0.2, 0.25) is 5.91 Å². The van der Waals surface area contributed by atoms with E-state index in [9.17, 15) is 4.79 Å². The number of guanidine groups is 1. The van der Waals surface area contributed by atoms with Crippen LogP contribution in [0.3, 0.4) is 0 Å². The van der Waals surface area contributed by atoms with Crippen molar-refractivity contribution >= 4 is 11.9 Å². The highest BCUT2D eigenvalue weighted by Crippen LogP contribution is 2.16. The molecular weight excluding hydrogens is 328 g/mol. The number of rotatable bonds is 7. The van der Waals surface area contributed by atoms with E-state index in [0.717, 1.165) is 23.0 Å². The molecule has 0 radical (unpaired) electrons. The number of nitrogens with one attached hydrogen (secondary N) is 3. The first kappa shape index (κ1) is 19.5. The summed E-state index contributed by atoms with van der Waals surface area (Å²) in [6.45, 7) is 5.02. The molecule has 0 aliphatic rings. The lowest BCUT2D eigenvalue weighted by Gasteiger charge is -2.21. The Morgan fingerprint density at radius 1 is 1.31 bits per heavy atom. The number of carbonyl (C=O) groups is 1. The van der Waals surface area contributed by atoms with Crippen LogP contribution in [0.5, 0.6) is 0 Å². The first-order chi connectivity index (χ1) is 12.5. The fourth-order valence-corrected chi connectivity index (χ4v) is 2.57. The number of aromatic amines is 1. The summed E-state index contributed by atoms with van der Waals surface area (Å²) in [6.07, 6.45) is 2.24. The first-order valence-corrected chi connectivity index (χ1v) is 8.80. The zero-order valence-electron chi connectivity index (χ0n) is 15.9. The molecule has 140 valence electrons. The monoisotopic (exact) mass is 356 g/mol. The Morgan fingerprint density at radius 2 is 2.04 bits per heavy atom. The maximum atomic E-state index is 11.7. The van der Waals surface area contributed by atoms with Crippen molar-refractivity contribution in [2.45, 2.75) is 32.9 Å². The molecule has 0 atom stereocenters. The second kappa shape index (κ2) is 9.60. The topological polar surface area (TPSA) is 85.4 Å². The molecule has 7 heteroatoms. The van der Waals surface area contributed by atoms with Gasteiger partial charge >= 0.3 is 0 Å². The van der Waals surface area contributed by atoms with E-state index in [1.54, 1.807) is 7.05 Å². The smallest absolute Gasteiger partial charge is 0.221 e. The predicted molar refractivity (Wildman–Crippen MR) is 105 cm³/mol. The molecular formula is C19H28N6O. The third kappa shape index (κ3) is 5.91. The van der Waals surface area contributed by atoms with Crippen LogP contribution in [0.1, 0.15) is 26.1 Å². The van der Waals surface area contributed by atoms with Gasteiger partial charge in [0.15, 0.2) is 5.96 Å². The maximum absolute atomic E-state index is 11.7. The molecule has 0 spiro atoms. The summed E-state index contributed by atoms with van der Waals surface area (Å²) in [5.74, 6) is 1.61. The third-order valence-electron chi connectivity index (χ3n) is 3.76. The number of aliphatic imine (C=N–C) groups is 1. The summed E-state index contributed by atoms with van der Waals surface area (Å²) < 4.78 is 0. The van der Waals surface area contributed by atoms with Gasteiger partial charge in [0.05, 0.1) is 18.4 Å². The normalized spacial score (nSPS) is 11.5. The second-order valence-electron chi connectivity index (χ2n) is 6.41. The van der Waals surface area contributed by atoms with Gasteiger partial charge in [0.25, 0.3) is 0 Å². The van der Waals surface area contributed by atoms with Crippen molar-refractivity contribution in [3.63, 3.8) is 0 Å². The van der Waals surface area contributed by atoms with Crippen LogP contribution >= 0.6 is 0 Å². The molecule has 1 aromatic heterocycles. The Hall–Kier alpha value is -2.83. The van der Waals surface area contributed by atoms with Crippen LogP contribution in [-0.2, 0) is 11.3 Å². The molecule has 0 aliphatic heterocycles. The Balaban J connectivity index is 1.86. The van der Waals surface area contributed by atoms with Gasteiger partial charge in [-0.1, -0.05) is 30.3 Å². The van der Waals surface area contributed by atoms with Gasteiger partial charge in [-0.05, 0) is 19.4 Å². The van der Waals surface area contributed by atoms with Crippen molar-refractivity contribution in [2.75, 3.05) is 20.6 Å². The molecule has 26 heavy (non-hydrogen) atoms. The standard InChI is InChI=1S/C19H28N6O/c1-14(2)23-18(26)10-11-21-19(20-3)25(4)13-17-22-12-16(24-17)15-8-6-5-7-9-15/h5-9,12,14H,10-11,13H2,1-4H3,(H,20,21)(H,22,24)(H,23,26).